The van der Waals surface area contributed by atoms with E-state index in [1.54, 1.807) is 17.0 Å². The van der Waals surface area contributed by atoms with Crippen LogP contribution in [-0.2, 0) is 11.2 Å². The molecule has 3 heterocycles. The van der Waals surface area contributed by atoms with Gasteiger partial charge in [0.25, 0.3) is 5.91 Å². The van der Waals surface area contributed by atoms with Crippen molar-refractivity contribution in [2.24, 2.45) is 0 Å². The van der Waals surface area contributed by atoms with E-state index >= 15 is 0 Å². The number of hydrogen-bond acceptors (Lipinski definition) is 4. The maximum absolute atomic E-state index is 13.1. The Morgan fingerprint density at radius 3 is 2.19 bits per heavy atom. The average molecular weight is 434 g/mol. The lowest BCUT2D eigenvalue weighted by atomic mass is 9.93. The first-order valence-corrected chi connectivity index (χ1v) is 11.3. The second-order valence-corrected chi connectivity index (χ2v) is 8.64. The molecule has 5 rings (SSSR count). The highest BCUT2D eigenvalue weighted by molar-refractivity contribution is 5.98. The van der Waals surface area contributed by atoms with E-state index < -0.39 is 0 Å². The number of nitrogens with zero attached hydrogens (tertiary/aromatic N) is 3. The van der Waals surface area contributed by atoms with Crippen molar-refractivity contribution in [1.29, 1.82) is 0 Å². The molecule has 3 aliphatic rings. The van der Waals surface area contributed by atoms with Crippen molar-refractivity contribution in [3.05, 3.63) is 70.8 Å². The van der Waals surface area contributed by atoms with Crippen LogP contribution in [0.15, 0.2) is 48.5 Å². The number of benzene rings is 2. The first-order chi connectivity index (χ1) is 15.6. The van der Waals surface area contributed by atoms with Crippen LogP contribution in [0.5, 0.6) is 0 Å². The Bertz CT molecular complexity index is 1020. The molecule has 3 aliphatic heterocycles. The molecule has 1 unspecified atom stereocenters. The molecule has 7 heteroatoms. The minimum Gasteiger partial charge on any atom is -0.454 e. The van der Waals surface area contributed by atoms with Gasteiger partial charge in [-0.1, -0.05) is 30.3 Å². The third-order valence-corrected chi connectivity index (χ3v) is 6.61. The Morgan fingerprint density at radius 2 is 1.47 bits per heavy atom. The number of amides is 3. The smallest absolute Gasteiger partial charge is 0.339 e. The monoisotopic (exact) mass is 433 g/mol. The summed E-state index contributed by atoms with van der Waals surface area (Å²) in [5, 5.41) is 0. The summed E-state index contributed by atoms with van der Waals surface area (Å²) in [7, 11) is 0. The lowest BCUT2D eigenvalue weighted by Crippen LogP contribution is -2.53. The van der Waals surface area contributed by atoms with Crippen LogP contribution in [0.4, 0.5) is 4.79 Å². The number of rotatable bonds is 2. The molecule has 2 fully saturated rings. The maximum atomic E-state index is 13.1. The summed E-state index contributed by atoms with van der Waals surface area (Å²) >= 11 is 0. The fraction of sp³-hybridized carbons (Fsp3) is 0.400. The van der Waals surface area contributed by atoms with Crippen LogP contribution in [-0.4, -0.2) is 71.9 Å². The molecule has 0 spiro atoms. The minimum absolute atomic E-state index is 0.0590. The van der Waals surface area contributed by atoms with Gasteiger partial charge < -0.3 is 19.4 Å². The van der Waals surface area contributed by atoms with Gasteiger partial charge in [0, 0.05) is 51.3 Å². The molecule has 32 heavy (non-hydrogen) atoms. The Morgan fingerprint density at radius 1 is 0.812 bits per heavy atom. The molecule has 2 aromatic carbocycles. The van der Waals surface area contributed by atoms with Crippen molar-refractivity contribution >= 4 is 17.9 Å². The molecule has 7 nitrogen and oxygen atoms in total. The number of hydrogen-bond donors (Lipinski definition) is 0. The van der Waals surface area contributed by atoms with E-state index in [9.17, 15) is 14.4 Å². The molecule has 1 atom stereocenters. The maximum Gasteiger partial charge on any atom is 0.339 e. The van der Waals surface area contributed by atoms with Crippen molar-refractivity contribution in [2.45, 2.75) is 25.4 Å². The zero-order chi connectivity index (χ0) is 22.1. The summed E-state index contributed by atoms with van der Waals surface area (Å²) in [6.07, 6.45) is 2.34. The molecule has 0 bridgehead atoms. The van der Waals surface area contributed by atoms with E-state index in [4.69, 9.17) is 4.74 Å². The van der Waals surface area contributed by atoms with Gasteiger partial charge in [0.05, 0.1) is 5.56 Å². The number of carbonyl (C=O) groups is 3. The van der Waals surface area contributed by atoms with Gasteiger partial charge in [-0.15, -0.1) is 0 Å². The molecule has 0 aliphatic carbocycles. The van der Waals surface area contributed by atoms with Gasteiger partial charge in [-0.2, -0.15) is 0 Å². The van der Waals surface area contributed by atoms with Crippen molar-refractivity contribution < 1.29 is 19.1 Å². The molecule has 2 aromatic rings. The number of ether oxygens (including phenoxy) is 1. The molecule has 3 amide bonds. The predicted octanol–water partition coefficient (Wildman–Crippen LogP) is 3.11. The molecule has 0 radical (unpaired) electrons. The first-order valence-electron chi connectivity index (χ1n) is 11.3. The molecule has 0 N–H and O–H groups in total. The fourth-order valence-corrected chi connectivity index (χ4v) is 4.77. The number of cyclic esters (lactones) is 1. The van der Waals surface area contributed by atoms with E-state index in [1.807, 2.05) is 46.2 Å². The number of urea groups is 1. The number of piperazine rings is 1. The van der Waals surface area contributed by atoms with Crippen LogP contribution < -0.4 is 0 Å². The quantitative estimate of drug-likeness (QED) is 0.683. The second-order valence-electron chi connectivity index (χ2n) is 8.64. The molecular formula is C25H27N3O4. The summed E-state index contributed by atoms with van der Waals surface area (Å²) in [6.45, 7) is 3.80. The Labute approximate surface area is 187 Å². The van der Waals surface area contributed by atoms with Gasteiger partial charge in [-0.3, -0.25) is 4.79 Å². The minimum atomic E-state index is -0.354. The van der Waals surface area contributed by atoms with Crippen molar-refractivity contribution in [2.75, 3.05) is 39.3 Å². The van der Waals surface area contributed by atoms with Crippen LogP contribution in [0, 0.1) is 0 Å². The lowest BCUT2D eigenvalue weighted by molar-refractivity contribution is 0.0252. The van der Waals surface area contributed by atoms with E-state index in [0.717, 1.165) is 37.1 Å². The zero-order valence-electron chi connectivity index (χ0n) is 18.0. The first kappa shape index (κ1) is 20.5. The number of esters is 1. The predicted molar refractivity (Wildman–Crippen MR) is 118 cm³/mol. The summed E-state index contributed by atoms with van der Waals surface area (Å²) in [6, 6.07) is 15.0. The highest BCUT2D eigenvalue weighted by Gasteiger charge is 2.31. The van der Waals surface area contributed by atoms with Gasteiger partial charge in [0.1, 0.15) is 6.10 Å². The average Bonchev–Trinajstić information content (AvgIpc) is 3.38. The Hall–Kier alpha value is -3.35. The topological polar surface area (TPSA) is 70.2 Å². The van der Waals surface area contributed by atoms with Crippen molar-refractivity contribution in [3.8, 4) is 0 Å². The SMILES string of the molecule is O=C1OC(c2ccccc2)Cc2cc(C(=O)N3CCN(C(=O)N4CCCC4)CC3)ccc21. The van der Waals surface area contributed by atoms with Crippen LogP contribution in [0.2, 0.25) is 0 Å². The normalized spacial score (nSPS) is 20.7. The van der Waals surface area contributed by atoms with Gasteiger partial charge in [-0.25, -0.2) is 9.59 Å². The van der Waals surface area contributed by atoms with Crippen LogP contribution >= 0.6 is 0 Å². The summed E-state index contributed by atoms with van der Waals surface area (Å²) in [5.41, 5.74) is 2.88. The third kappa shape index (κ3) is 3.95. The Kier molecular flexibility index (Phi) is 5.55. The largest absolute Gasteiger partial charge is 0.454 e. The lowest BCUT2D eigenvalue weighted by Gasteiger charge is -2.36. The van der Waals surface area contributed by atoms with Crippen LogP contribution in [0.25, 0.3) is 0 Å². The van der Waals surface area contributed by atoms with Crippen molar-refractivity contribution in [1.82, 2.24) is 14.7 Å². The molecule has 0 aromatic heterocycles. The summed E-state index contributed by atoms with van der Waals surface area (Å²) in [4.78, 5) is 43.8. The van der Waals surface area contributed by atoms with E-state index in [-0.39, 0.29) is 24.0 Å². The summed E-state index contributed by atoms with van der Waals surface area (Å²) < 4.78 is 5.62. The molecule has 0 saturated carbocycles. The van der Waals surface area contributed by atoms with Crippen molar-refractivity contribution in [3.63, 3.8) is 0 Å². The molecule has 2 saturated heterocycles. The standard InChI is InChI=1S/C25H27N3O4/c29-23(26-12-14-28(15-13-26)25(31)27-10-4-5-11-27)19-8-9-21-20(16-19)17-22(32-24(21)30)18-6-2-1-3-7-18/h1-3,6-9,16,22H,4-5,10-15,17H2. The van der Waals surface area contributed by atoms with E-state index in [2.05, 4.69) is 0 Å². The van der Waals surface area contributed by atoms with Gasteiger partial charge in [0.2, 0.25) is 0 Å². The van der Waals surface area contributed by atoms with Crippen LogP contribution in [0.1, 0.15) is 50.8 Å². The van der Waals surface area contributed by atoms with Gasteiger partial charge in [0.15, 0.2) is 0 Å². The number of fused-ring (bicyclic) bond motifs is 1. The second kappa shape index (κ2) is 8.65. The number of likely N-dealkylation sites (tertiary alicyclic amines) is 1. The van der Waals surface area contributed by atoms with E-state index in [1.165, 1.54) is 0 Å². The number of carbonyl (C=O) groups excluding carboxylic acids is 3. The molecule has 166 valence electrons. The highest BCUT2D eigenvalue weighted by atomic mass is 16.5. The highest BCUT2D eigenvalue weighted by Crippen LogP contribution is 2.31. The Balaban J connectivity index is 1.26. The van der Waals surface area contributed by atoms with Gasteiger partial charge in [-0.05, 0) is 42.2 Å². The van der Waals surface area contributed by atoms with Gasteiger partial charge >= 0.3 is 12.0 Å². The zero-order valence-corrected chi connectivity index (χ0v) is 18.0. The molecular weight excluding hydrogens is 406 g/mol. The van der Waals surface area contributed by atoms with Crippen LogP contribution in [0.3, 0.4) is 0 Å². The summed E-state index contributed by atoms with van der Waals surface area (Å²) in [5.74, 6) is -0.413. The fourth-order valence-electron chi connectivity index (χ4n) is 4.77. The third-order valence-electron chi connectivity index (χ3n) is 6.61. The van der Waals surface area contributed by atoms with E-state index in [0.29, 0.717) is 43.7 Å².